The Kier molecular flexibility index (Phi) is 16.9. The molecule has 0 aliphatic carbocycles. The molecule has 37 heavy (non-hydrogen) atoms. The van der Waals surface area contributed by atoms with Gasteiger partial charge < -0.3 is 29.0 Å². The lowest BCUT2D eigenvalue weighted by atomic mass is 9.77. The van der Waals surface area contributed by atoms with Crippen molar-refractivity contribution in [2.75, 3.05) is 26.8 Å². The highest BCUT2D eigenvalue weighted by molar-refractivity contribution is 9.10. The molecule has 0 unspecified atom stereocenters. The number of aryl methyl sites for hydroxylation is 2. The van der Waals surface area contributed by atoms with Crippen molar-refractivity contribution >= 4 is 44.7 Å². The third kappa shape index (κ3) is 17.1. The van der Waals surface area contributed by atoms with E-state index < -0.39 is 23.3 Å². The van der Waals surface area contributed by atoms with Gasteiger partial charge in [-0.1, -0.05) is 68.7 Å². The second kappa shape index (κ2) is 17.4. The fourth-order valence-electron chi connectivity index (χ4n) is 2.83. The van der Waals surface area contributed by atoms with Crippen LogP contribution in [0.25, 0.3) is 0 Å². The summed E-state index contributed by atoms with van der Waals surface area (Å²) in [5.41, 5.74) is 2.45. The van der Waals surface area contributed by atoms with Gasteiger partial charge in [0.2, 0.25) is 0 Å². The fraction of sp³-hybridized carbons (Fsp3) is 0.556. The van der Waals surface area contributed by atoms with Crippen LogP contribution in [0, 0.1) is 13.8 Å². The van der Waals surface area contributed by atoms with Gasteiger partial charge in [0.1, 0.15) is 11.5 Å². The molecule has 0 aliphatic rings. The van der Waals surface area contributed by atoms with Gasteiger partial charge in [-0.15, -0.1) is 0 Å². The Morgan fingerprint density at radius 1 is 0.730 bits per heavy atom. The van der Waals surface area contributed by atoms with E-state index in [-0.39, 0.29) is 14.2 Å². The van der Waals surface area contributed by atoms with E-state index in [1.54, 1.807) is 18.2 Å². The lowest BCUT2D eigenvalue weighted by molar-refractivity contribution is 0.0218. The molecule has 0 spiro atoms. The van der Waals surface area contributed by atoms with E-state index >= 15 is 0 Å². The van der Waals surface area contributed by atoms with Gasteiger partial charge in [0.05, 0.1) is 0 Å². The van der Waals surface area contributed by atoms with Crippen LogP contribution in [-0.4, -0.2) is 60.1 Å². The SMILES string of the molecule is C.Cc1cc(OCOCC[Si](C)(C)C)ccc1B(O)O.Cc1cc(OCOCC[Si](C)(C)C)ccc1Br. The Morgan fingerprint density at radius 2 is 1.16 bits per heavy atom. The molecule has 0 atom stereocenters. The van der Waals surface area contributed by atoms with Gasteiger partial charge in [-0.2, -0.15) is 0 Å². The maximum Gasteiger partial charge on any atom is 0.488 e. The zero-order valence-corrected chi connectivity index (χ0v) is 26.8. The summed E-state index contributed by atoms with van der Waals surface area (Å²) in [4.78, 5) is 0. The van der Waals surface area contributed by atoms with Crippen molar-refractivity contribution in [1.82, 2.24) is 0 Å². The number of halogens is 1. The fourth-order valence-corrected chi connectivity index (χ4v) is 4.59. The number of ether oxygens (including phenoxy) is 4. The Hall–Kier alpha value is -1.14. The molecule has 0 aromatic heterocycles. The average molecular weight is 616 g/mol. The summed E-state index contributed by atoms with van der Waals surface area (Å²) < 4.78 is 23.0. The van der Waals surface area contributed by atoms with Gasteiger partial charge in [-0.3, -0.25) is 0 Å². The van der Waals surface area contributed by atoms with Crippen molar-refractivity contribution in [3.63, 3.8) is 0 Å². The third-order valence-corrected chi connectivity index (χ3v) is 9.56. The molecule has 10 heteroatoms. The average Bonchev–Trinajstić information content (AvgIpc) is 2.74. The number of benzene rings is 2. The zero-order valence-electron chi connectivity index (χ0n) is 23.2. The lowest BCUT2D eigenvalue weighted by Crippen LogP contribution is -2.31. The molecule has 0 heterocycles. The topological polar surface area (TPSA) is 77.4 Å². The molecular weight excluding hydrogens is 567 g/mol. The molecule has 0 aliphatic heterocycles. The van der Waals surface area contributed by atoms with Crippen molar-refractivity contribution in [1.29, 1.82) is 0 Å². The molecule has 0 bridgehead atoms. The zero-order chi connectivity index (χ0) is 27.4. The minimum absolute atomic E-state index is 0. The lowest BCUT2D eigenvalue weighted by Gasteiger charge is -2.15. The van der Waals surface area contributed by atoms with Crippen molar-refractivity contribution in [2.24, 2.45) is 0 Å². The minimum atomic E-state index is -1.44. The predicted molar refractivity (Wildman–Crippen MR) is 166 cm³/mol. The van der Waals surface area contributed by atoms with Crippen LogP contribution in [0.5, 0.6) is 11.5 Å². The Balaban J connectivity index is 0.000000686. The summed E-state index contributed by atoms with van der Waals surface area (Å²) in [7, 11) is -3.48. The van der Waals surface area contributed by atoms with Crippen molar-refractivity contribution in [2.45, 2.75) is 72.6 Å². The summed E-state index contributed by atoms with van der Waals surface area (Å²) in [6, 6.07) is 13.4. The number of hydrogen-bond donors (Lipinski definition) is 2. The monoisotopic (exact) mass is 614 g/mol. The van der Waals surface area contributed by atoms with Crippen LogP contribution >= 0.6 is 15.9 Å². The highest BCUT2D eigenvalue weighted by atomic mass is 79.9. The van der Waals surface area contributed by atoms with Crippen molar-refractivity contribution in [3.05, 3.63) is 52.0 Å². The highest BCUT2D eigenvalue weighted by Crippen LogP contribution is 2.21. The summed E-state index contributed by atoms with van der Waals surface area (Å²) in [5.74, 6) is 1.54. The van der Waals surface area contributed by atoms with Crippen LogP contribution in [0.2, 0.25) is 51.4 Å². The Morgan fingerprint density at radius 3 is 1.54 bits per heavy atom. The van der Waals surface area contributed by atoms with Gasteiger partial charge in [0, 0.05) is 33.8 Å². The second-order valence-electron chi connectivity index (χ2n) is 11.3. The molecule has 2 rings (SSSR count). The van der Waals surface area contributed by atoms with Crippen LogP contribution < -0.4 is 14.9 Å². The number of hydrogen-bond acceptors (Lipinski definition) is 6. The molecular formula is C27H48BBrO6Si2. The van der Waals surface area contributed by atoms with Crippen molar-refractivity contribution in [3.8, 4) is 11.5 Å². The van der Waals surface area contributed by atoms with E-state index in [4.69, 9.17) is 29.0 Å². The first kappa shape index (κ1) is 35.9. The quantitative estimate of drug-likeness (QED) is 0.153. The first-order valence-corrected chi connectivity index (χ1v) is 20.5. The maximum atomic E-state index is 9.11. The van der Waals surface area contributed by atoms with Crippen LogP contribution in [0.4, 0.5) is 0 Å². The molecule has 0 amide bonds. The smallest absolute Gasteiger partial charge is 0.468 e. The van der Waals surface area contributed by atoms with Gasteiger partial charge in [0.15, 0.2) is 13.6 Å². The number of rotatable bonds is 13. The second-order valence-corrected chi connectivity index (χ2v) is 23.4. The molecule has 0 saturated heterocycles. The van der Waals surface area contributed by atoms with Gasteiger partial charge in [0.25, 0.3) is 0 Å². The molecule has 2 aromatic rings. The normalized spacial score (nSPS) is 11.2. The molecule has 210 valence electrons. The summed E-state index contributed by atoms with van der Waals surface area (Å²) >= 11 is 3.46. The molecule has 0 fully saturated rings. The van der Waals surface area contributed by atoms with Crippen LogP contribution in [0.3, 0.4) is 0 Å². The van der Waals surface area contributed by atoms with Crippen LogP contribution in [0.1, 0.15) is 18.6 Å². The van der Waals surface area contributed by atoms with E-state index in [0.717, 1.165) is 35.0 Å². The Labute approximate surface area is 236 Å². The highest BCUT2D eigenvalue weighted by Gasteiger charge is 2.15. The Bertz CT molecular complexity index is 917. The van der Waals surface area contributed by atoms with E-state index in [1.165, 1.54) is 11.6 Å². The third-order valence-electron chi connectivity index (χ3n) is 5.26. The molecule has 6 nitrogen and oxygen atoms in total. The summed E-state index contributed by atoms with van der Waals surface area (Å²) in [6.45, 7) is 19.9. The maximum absolute atomic E-state index is 9.11. The van der Waals surface area contributed by atoms with Gasteiger partial charge >= 0.3 is 7.12 Å². The largest absolute Gasteiger partial charge is 0.488 e. The molecule has 0 radical (unpaired) electrons. The van der Waals surface area contributed by atoms with E-state index in [2.05, 4.69) is 55.2 Å². The molecule has 2 N–H and O–H groups in total. The van der Waals surface area contributed by atoms with E-state index in [9.17, 15) is 0 Å². The predicted octanol–water partition coefficient (Wildman–Crippen LogP) is 6.45. The first-order valence-electron chi connectivity index (χ1n) is 12.3. The van der Waals surface area contributed by atoms with E-state index in [1.807, 2.05) is 32.0 Å². The minimum Gasteiger partial charge on any atom is -0.468 e. The van der Waals surface area contributed by atoms with Gasteiger partial charge in [-0.25, -0.2) is 0 Å². The van der Waals surface area contributed by atoms with Crippen molar-refractivity contribution < 1.29 is 29.0 Å². The first-order chi connectivity index (χ1) is 16.7. The molecule has 0 saturated carbocycles. The summed E-state index contributed by atoms with van der Waals surface area (Å²) in [5, 5.41) is 18.2. The van der Waals surface area contributed by atoms with Crippen LogP contribution in [-0.2, 0) is 9.47 Å². The molecule has 2 aromatic carbocycles. The van der Waals surface area contributed by atoms with Gasteiger partial charge in [-0.05, 0) is 72.9 Å². The standard InChI is InChI=1S/C13H23BO4Si.C13H21BrO2Si.CH4/c1-11-9-12(5-6-13(11)14(15)16)18-10-17-7-8-19(2,3)4;1-11-9-12(5-6-13(11)14)16-10-15-7-8-17(2,3)4;/h5-6,9,15-16H,7-8,10H2,1-4H3;5-6,9H,7-8,10H2,1-4H3;1H4. The van der Waals surface area contributed by atoms with E-state index in [0.29, 0.717) is 18.0 Å². The van der Waals surface area contributed by atoms with Crippen LogP contribution in [0.15, 0.2) is 40.9 Å². The summed E-state index contributed by atoms with van der Waals surface area (Å²) in [6.07, 6.45) is 0.